The third-order valence-electron chi connectivity index (χ3n) is 2.24. The summed E-state index contributed by atoms with van der Waals surface area (Å²) in [7, 11) is -1.34. The molecule has 0 bridgehead atoms. The van der Waals surface area contributed by atoms with Gasteiger partial charge in [-0.05, 0) is 19.8 Å². The SMILES string of the molecule is CCCCC/C=C(/C#C[Si](C)(C)C)CC(C)=O. The van der Waals surface area contributed by atoms with E-state index in [0.717, 1.165) is 12.0 Å². The Balaban J connectivity index is 4.51. The Morgan fingerprint density at radius 1 is 1.24 bits per heavy atom. The zero-order valence-electron chi connectivity index (χ0n) is 12.0. The van der Waals surface area contributed by atoms with Gasteiger partial charge in [0.2, 0.25) is 0 Å². The summed E-state index contributed by atoms with van der Waals surface area (Å²) in [6, 6.07) is 0. The molecule has 96 valence electrons. The van der Waals surface area contributed by atoms with Gasteiger partial charge in [0.05, 0.1) is 0 Å². The lowest BCUT2D eigenvalue weighted by Crippen LogP contribution is -2.16. The summed E-state index contributed by atoms with van der Waals surface area (Å²) in [5.41, 5.74) is 4.36. The van der Waals surface area contributed by atoms with Crippen molar-refractivity contribution in [3.8, 4) is 11.5 Å². The fourth-order valence-corrected chi connectivity index (χ4v) is 1.91. The van der Waals surface area contributed by atoms with E-state index >= 15 is 0 Å². The lowest BCUT2D eigenvalue weighted by molar-refractivity contribution is -0.116. The number of carbonyl (C=O) groups excluding carboxylic acids is 1. The van der Waals surface area contributed by atoms with Crippen LogP contribution in [-0.4, -0.2) is 13.9 Å². The number of hydrogen-bond acceptors (Lipinski definition) is 1. The van der Waals surface area contributed by atoms with Gasteiger partial charge in [-0.3, -0.25) is 4.79 Å². The maximum Gasteiger partial charge on any atom is 0.134 e. The van der Waals surface area contributed by atoms with Crippen molar-refractivity contribution < 1.29 is 4.79 Å². The van der Waals surface area contributed by atoms with Gasteiger partial charge >= 0.3 is 0 Å². The number of Topliss-reactive ketones (excluding diaryl/α,β-unsaturated/α-hetero) is 1. The summed E-state index contributed by atoms with van der Waals surface area (Å²) in [6.07, 6.45) is 7.40. The van der Waals surface area contributed by atoms with Crippen LogP contribution in [0.15, 0.2) is 11.6 Å². The maximum atomic E-state index is 11.2. The van der Waals surface area contributed by atoms with Gasteiger partial charge in [-0.15, -0.1) is 5.54 Å². The lowest BCUT2D eigenvalue weighted by Gasteiger charge is -2.04. The standard InChI is InChI=1S/C15H26OSi/c1-6-7-8-9-10-15(13-14(2)16)11-12-17(3,4)5/h10H,6-9,13H2,1-5H3/b15-10-. The van der Waals surface area contributed by atoms with E-state index in [4.69, 9.17) is 0 Å². The maximum absolute atomic E-state index is 11.2. The minimum atomic E-state index is -1.34. The first-order valence-corrected chi connectivity index (χ1v) is 10.1. The molecule has 0 saturated heterocycles. The third kappa shape index (κ3) is 11.5. The molecule has 0 aliphatic heterocycles. The second-order valence-corrected chi connectivity index (χ2v) is 10.4. The van der Waals surface area contributed by atoms with Gasteiger partial charge in [-0.25, -0.2) is 0 Å². The zero-order valence-corrected chi connectivity index (χ0v) is 13.0. The topological polar surface area (TPSA) is 17.1 Å². The number of hydrogen-bond donors (Lipinski definition) is 0. The minimum absolute atomic E-state index is 0.205. The fraction of sp³-hybridized carbons (Fsp3) is 0.667. The van der Waals surface area contributed by atoms with Crippen LogP contribution in [0.5, 0.6) is 0 Å². The third-order valence-corrected chi connectivity index (χ3v) is 3.11. The van der Waals surface area contributed by atoms with Gasteiger partial charge in [0.1, 0.15) is 13.9 Å². The molecule has 0 aromatic carbocycles. The van der Waals surface area contributed by atoms with Crippen LogP contribution in [0.3, 0.4) is 0 Å². The molecular formula is C15H26OSi. The van der Waals surface area contributed by atoms with Crippen LogP contribution in [0.2, 0.25) is 19.6 Å². The molecule has 0 spiro atoms. The van der Waals surface area contributed by atoms with E-state index in [9.17, 15) is 4.79 Å². The molecule has 1 nitrogen and oxygen atoms in total. The van der Waals surface area contributed by atoms with Crippen LogP contribution >= 0.6 is 0 Å². The summed E-state index contributed by atoms with van der Waals surface area (Å²) in [5, 5.41) is 0. The lowest BCUT2D eigenvalue weighted by atomic mass is 10.1. The molecule has 0 radical (unpaired) electrons. The van der Waals surface area contributed by atoms with Gasteiger partial charge in [0.25, 0.3) is 0 Å². The van der Waals surface area contributed by atoms with E-state index in [2.05, 4.69) is 44.1 Å². The molecule has 17 heavy (non-hydrogen) atoms. The van der Waals surface area contributed by atoms with E-state index in [1.54, 1.807) is 6.92 Å². The van der Waals surface area contributed by atoms with E-state index < -0.39 is 8.07 Å². The molecule has 0 unspecified atom stereocenters. The molecule has 0 aliphatic carbocycles. The first kappa shape index (κ1) is 16.2. The minimum Gasteiger partial charge on any atom is -0.300 e. The smallest absolute Gasteiger partial charge is 0.134 e. The Kier molecular flexibility index (Phi) is 7.91. The Hall–Kier alpha value is -0.813. The number of unbranched alkanes of at least 4 members (excludes halogenated alkanes) is 3. The summed E-state index contributed by atoms with van der Waals surface area (Å²) in [4.78, 5) is 11.2. The Labute approximate surface area is 108 Å². The second-order valence-electron chi connectivity index (χ2n) is 5.60. The molecule has 0 fully saturated rings. The first-order valence-electron chi connectivity index (χ1n) is 6.57. The molecule has 0 N–H and O–H groups in total. The molecule has 0 aromatic heterocycles. The molecule has 0 saturated carbocycles. The molecular weight excluding hydrogens is 224 g/mol. The van der Waals surface area contributed by atoms with Crippen molar-refractivity contribution in [3.05, 3.63) is 11.6 Å². The van der Waals surface area contributed by atoms with Crippen LogP contribution < -0.4 is 0 Å². The molecule has 0 rings (SSSR count). The van der Waals surface area contributed by atoms with Crippen LogP contribution in [0.1, 0.15) is 46.0 Å². The van der Waals surface area contributed by atoms with Crippen molar-refractivity contribution in [2.45, 2.75) is 65.6 Å². The van der Waals surface area contributed by atoms with Crippen molar-refractivity contribution in [3.63, 3.8) is 0 Å². The van der Waals surface area contributed by atoms with Gasteiger partial charge < -0.3 is 0 Å². The highest BCUT2D eigenvalue weighted by Crippen LogP contribution is 2.08. The molecule has 0 heterocycles. The Bertz CT molecular complexity index is 323. The van der Waals surface area contributed by atoms with Crippen LogP contribution in [0.4, 0.5) is 0 Å². The fourth-order valence-electron chi connectivity index (χ4n) is 1.37. The van der Waals surface area contributed by atoms with E-state index in [1.165, 1.54) is 19.3 Å². The zero-order chi connectivity index (χ0) is 13.3. The van der Waals surface area contributed by atoms with E-state index in [1.807, 2.05) is 0 Å². The summed E-state index contributed by atoms with van der Waals surface area (Å²) in [6.45, 7) is 10.5. The van der Waals surface area contributed by atoms with Gasteiger partial charge in [0, 0.05) is 12.0 Å². The highest BCUT2D eigenvalue weighted by Gasteiger charge is 2.08. The van der Waals surface area contributed by atoms with Gasteiger partial charge in [-0.1, -0.05) is 51.4 Å². The molecule has 2 heteroatoms. The van der Waals surface area contributed by atoms with Crippen molar-refractivity contribution in [1.29, 1.82) is 0 Å². The highest BCUT2D eigenvalue weighted by molar-refractivity contribution is 6.83. The monoisotopic (exact) mass is 250 g/mol. The molecule has 0 aromatic rings. The predicted octanol–water partition coefficient (Wildman–Crippen LogP) is 4.35. The highest BCUT2D eigenvalue weighted by atomic mass is 28.3. The van der Waals surface area contributed by atoms with Crippen LogP contribution in [0.25, 0.3) is 0 Å². The van der Waals surface area contributed by atoms with Crippen molar-refractivity contribution >= 4 is 13.9 Å². The normalized spacial score (nSPS) is 11.9. The Morgan fingerprint density at radius 2 is 1.88 bits per heavy atom. The molecule has 0 atom stereocenters. The summed E-state index contributed by atoms with van der Waals surface area (Å²) in [5.74, 6) is 3.43. The molecule has 0 aliphatic rings. The van der Waals surface area contributed by atoms with Crippen molar-refractivity contribution in [2.75, 3.05) is 0 Å². The molecule has 0 amide bonds. The Morgan fingerprint density at radius 3 is 2.35 bits per heavy atom. The summed E-state index contributed by atoms with van der Waals surface area (Å²) >= 11 is 0. The number of ketones is 1. The number of rotatable bonds is 6. The number of carbonyl (C=O) groups is 1. The second kappa shape index (κ2) is 8.30. The van der Waals surface area contributed by atoms with Crippen LogP contribution in [0, 0.1) is 11.5 Å². The average molecular weight is 250 g/mol. The van der Waals surface area contributed by atoms with Gasteiger partial charge in [0.15, 0.2) is 0 Å². The quantitative estimate of drug-likeness (QED) is 0.389. The van der Waals surface area contributed by atoms with Gasteiger partial charge in [-0.2, -0.15) is 0 Å². The predicted molar refractivity (Wildman–Crippen MR) is 78.6 cm³/mol. The largest absolute Gasteiger partial charge is 0.300 e. The first-order chi connectivity index (χ1) is 7.85. The van der Waals surface area contributed by atoms with E-state index in [0.29, 0.717) is 6.42 Å². The number of allylic oxidation sites excluding steroid dienone is 2. The average Bonchev–Trinajstić information content (AvgIpc) is 2.18. The summed E-state index contributed by atoms with van der Waals surface area (Å²) < 4.78 is 0. The van der Waals surface area contributed by atoms with Crippen LogP contribution in [-0.2, 0) is 4.79 Å². The van der Waals surface area contributed by atoms with Crippen molar-refractivity contribution in [1.82, 2.24) is 0 Å². The van der Waals surface area contributed by atoms with E-state index in [-0.39, 0.29) is 5.78 Å². The van der Waals surface area contributed by atoms with Crippen molar-refractivity contribution in [2.24, 2.45) is 0 Å².